The Balaban J connectivity index is 1.38. The third kappa shape index (κ3) is 5.04. The molecule has 1 fully saturated rings. The van der Waals surface area contributed by atoms with Crippen LogP contribution >= 0.6 is 0 Å². The van der Waals surface area contributed by atoms with Gasteiger partial charge < -0.3 is 19.9 Å². The van der Waals surface area contributed by atoms with Crippen molar-refractivity contribution in [3.8, 4) is 0 Å². The maximum absolute atomic E-state index is 15.0. The number of amides is 2. The third-order valence-corrected chi connectivity index (χ3v) is 8.09. The molecular formula is C24H25FN6O5S. The summed E-state index contributed by atoms with van der Waals surface area (Å²) in [5.74, 6) is -3.02. The molecule has 2 aliphatic rings. The molecule has 0 aliphatic carbocycles. The summed E-state index contributed by atoms with van der Waals surface area (Å²) in [7, 11) is -2.73. The molecule has 1 atom stereocenters. The van der Waals surface area contributed by atoms with Crippen LogP contribution in [-0.2, 0) is 25.9 Å². The van der Waals surface area contributed by atoms with E-state index in [1.807, 2.05) is 30.3 Å². The minimum Gasteiger partial charge on any atom is -0.378 e. The van der Waals surface area contributed by atoms with Crippen LogP contribution < -0.4 is 15.1 Å². The van der Waals surface area contributed by atoms with E-state index >= 15 is 4.39 Å². The quantitative estimate of drug-likeness (QED) is 0.483. The van der Waals surface area contributed by atoms with Crippen LogP contribution in [0.25, 0.3) is 0 Å². The molecule has 2 aliphatic heterocycles. The second-order valence-electron chi connectivity index (χ2n) is 8.83. The number of hydrogen-bond donors (Lipinski definition) is 1. The zero-order chi connectivity index (χ0) is 26.2. The first-order valence-corrected chi connectivity index (χ1v) is 13.3. The highest BCUT2D eigenvalue weighted by atomic mass is 32.2. The lowest BCUT2D eigenvalue weighted by molar-refractivity contribution is -0.119. The fraction of sp³-hybridized carbons (Fsp3) is 0.333. The van der Waals surface area contributed by atoms with Gasteiger partial charge in [0.05, 0.1) is 41.8 Å². The SMILES string of the molecule is CN1C(=O)[C@@H](NC(=O)c2ncn(Cc3ccccc3)n2)CS(=O)(=O)c2cc(N3CCOCC3)c(F)cc21. The largest absolute Gasteiger partial charge is 0.378 e. The highest BCUT2D eigenvalue weighted by molar-refractivity contribution is 7.91. The number of sulfone groups is 1. The Morgan fingerprint density at radius 3 is 2.62 bits per heavy atom. The Labute approximate surface area is 212 Å². The number of benzene rings is 2. The first kappa shape index (κ1) is 24.8. The third-order valence-electron chi connectivity index (χ3n) is 6.32. The second-order valence-corrected chi connectivity index (χ2v) is 10.8. The van der Waals surface area contributed by atoms with Crippen LogP contribution in [0.2, 0.25) is 0 Å². The molecule has 0 unspecified atom stereocenters. The predicted molar refractivity (Wildman–Crippen MR) is 132 cm³/mol. The Morgan fingerprint density at radius 1 is 1.16 bits per heavy atom. The topological polar surface area (TPSA) is 127 Å². The van der Waals surface area contributed by atoms with Gasteiger partial charge >= 0.3 is 0 Å². The van der Waals surface area contributed by atoms with Gasteiger partial charge in [-0.3, -0.25) is 9.59 Å². The number of likely N-dealkylation sites (N-methyl/N-ethyl adjacent to an activating group) is 1. The van der Waals surface area contributed by atoms with E-state index in [-0.39, 0.29) is 22.1 Å². The summed E-state index contributed by atoms with van der Waals surface area (Å²) in [6, 6.07) is 10.3. The lowest BCUT2D eigenvalue weighted by atomic mass is 10.2. The van der Waals surface area contributed by atoms with Crippen LogP contribution in [0.4, 0.5) is 15.8 Å². The van der Waals surface area contributed by atoms with Gasteiger partial charge in [0.25, 0.3) is 5.91 Å². The molecule has 0 radical (unpaired) electrons. The molecule has 1 N–H and O–H groups in total. The molecule has 13 heteroatoms. The summed E-state index contributed by atoms with van der Waals surface area (Å²) < 4.78 is 48.5. The molecule has 0 spiro atoms. The number of nitrogens with one attached hydrogen (secondary N) is 1. The number of aromatic nitrogens is 3. The summed E-state index contributed by atoms with van der Waals surface area (Å²) >= 11 is 0. The number of carbonyl (C=O) groups excluding carboxylic acids is 2. The van der Waals surface area contributed by atoms with E-state index in [1.54, 1.807) is 4.90 Å². The van der Waals surface area contributed by atoms with Gasteiger partial charge in [0.15, 0.2) is 9.84 Å². The van der Waals surface area contributed by atoms with E-state index < -0.39 is 39.3 Å². The highest BCUT2D eigenvalue weighted by Crippen LogP contribution is 2.35. The number of halogens is 1. The van der Waals surface area contributed by atoms with E-state index in [9.17, 15) is 18.0 Å². The van der Waals surface area contributed by atoms with Crippen molar-refractivity contribution in [1.29, 1.82) is 0 Å². The number of carbonyl (C=O) groups is 2. The molecule has 194 valence electrons. The summed E-state index contributed by atoms with van der Waals surface area (Å²) in [6.07, 6.45) is 1.38. The second kappa shape index (κ2) is 9.90. The Morgan fingerprint density at radius 2 is 1.89 bits per heavy atom. The maximum atomic E-state index is 15.0. The number of hydrogen-bond acceptors (Lipinski definition) is 8. The van der Waals surface area contributed by atoms with Crippen molar-refractivity contribution in [1.82, 2.24) is 20.1 Å². The zero-order valence-electron chi connectivity index (χ0n) is 20.0. The molecule has 0 saturated carbocycles. The van der Waals surface area contributed by atoms with E-state index in [2.05, 4.69) is 15.4 Å². The van der Waals surface area contributed by atoms with Gasteiger partial charge in [-0.25, -0.2) is 22.5 Å². The molecule has 5 rings (SSSR count). The van der Waals surface area contributed by atoms with Crippen LogP contribution in [-0.4, -0.2) is 80.1 Å². The molecule has 2 amide bonds. The van der Waals surface area contributed by atoms with Crippen molar-refractivity contribution in [3.05, 3.63) is 66.0 Å². The van der Waals surface area contributed by atoms with Gasteiger partial charge in [-0.15, -0.1) is 5.10 Å². The molecule has 37 heavy (non-hydrogen) atoms. The van der Waals surface area contributed by atoms with Gasteiger partial charge in [0.2, 0.25) is 11.7 Å². The molecular weight excluding hydrogens is 503 g/mol. The van der Waals surface area contributed by atoms with E-state index in [4.69, 9.17) is 4.74 Å². The fourth-order valence-corrected chi connectivity index (χ4v) is 6.04. The molecule has 0 bridgehead atoms. The number of anilines is 2. The standard InChI is InChI=1S/C24H25FN6O5S/c1-29-20-11-17(25)19(30-7-9-36-10-8-30)12-21(20)37(34,35)14-18(24(29)33)27-23(32)22-26-15-31(28-22)13-16-5-3-2-4-6-16/h2-6,11-12,15,18H,7-10,13-14H2,1H3,(H,27,32)/t18-/m0/s1. The van der Waals surface area contributed by atoms with Gasteiger partial charge in [0.1, 0.15) is 18.2 Å². The molecule has 3 heterocycles. The summed E-state index contributed by atoms with van der Waals surface area (Å²) in [5, 5.41) is 6.59. The maximum Gasteiger partial charge on any atom is 0.291 e. The number of fused-ring (bicyclic) bond motifs is 1. The van der Waals surface area contributed by atoms with Crippen LogP contribution in [0.1, 0.15) is 16.2 Å². The number of morpholine rings is 1. The lowest BCUT2D eigenvalue weighted by Crippen LogP contribution is -2.49. The minimum atomic E-state index is -4.08. The Kier molecular flexibility index (Phi) is 6.65. The lowest BCUT2D eigenvalue weighted by Gasteiger charge is -2.30. The van der Waals surface area contributed by atoms with Crippen LogP contribution in [0.15, 0.2) is 53.7 Å². The monoisotopic (exact) mass is 528 g/mol. The molecule has 11 nitrogen and oxygen atoms in total. The fourth-order valence-electron chi connectivity index (χ4n) is 4.39. The van der Waals surface area contributed by atoms with Crippen LogP contribution in [0, 0.1) is 5.82 Å². The molecule has 1 aromatic heterocycles. The van der Waals surface area contributed by atoms with E-state index in [0.29, 0.717) is 32.8 Å². The summed E-state index contributed by atoms with van der Waals surface area (Å²) in [5.41, 5.74) is 0.996. The minimum absolute atomic E-state index is 0.0819. The van der Waals surface area contributed by atoms with Crippen molar-refractivity contribution < 1.29 is 27.1 Å². The predicted octanol–water partition coefficient (Wildman–Crippen LogP) is 0.851. The van der Waals surface area contributed by atoms with Crippen LogP contribution in [0.5, 0.6) is 0 Å². The number of ether oxygens (including phenoxy) is 1. The molecule has 2 aromatic carbocycles. The summed E-state index contributed by atoms with van der Waals surface area (Å²) in [6.45, 7) is 1.99. The van der Waals surface area contributed by atoms with Crippen molar-refractivity contribution >= 4 is 33.0 Å². The molecule has 3 aromatic rings. The van der Waals surface area contributed by atoms with Gasteiger partial charge in [-0.1, -0.05) is 30.3 Å². The number of rotatable bonds is 5. The normalized spacial score (nSPS) is 19.3. The smallest absolute Gasteiger partial charge is 0.291 e. The average Bonchev–Trinajstić information content (AvgIpc) is 3.34. The van der Waals surface area contributed by atoms with Crippen molar-refractivity contribution in [2.75, 3.05) is 48.9 Å². The first-order chi connectivity index (χ1) is 17.7. The van der Waals surface area contributed by atoms with Gasteiger partial charge in [-0.2, -0.15) is 0 Å². The Hall–Kier alpha value is -3.84. The van der Waals surface area contributed by atoms with Gasteiger partial charge in [-0.05, 0) is 11.6 Å². The van der Waals surface area contributed by atoms with E-state index in [1.165, 1.54) is 24.1 Å². The van der Waals surface area contributed by atoms with Crippen LogP contribution in [0.3, 0.4) is 0 Å². The molecule has 1 saturated heterocycles. The van der Waals surface area contributed by atoms with E-state index in [0.717, 1.165) is 16.5 Å². The van der Waals surface area contributed by atoms with Crippen molar-refractivity contribution in [2.24, 2.45) is 0 Å². The average molecular weight is 529 g/mol. The zero-order valence-corrected chi connectivity index (χ0v) is 20.8. The summed E-state index contributed by atoms with van der Waals surface area (Å²) in [4.78, 5) is 32.6. The van der Waals surface area contributed by atoms with Gasteiger partial charge in [0, 0.05) is 26.2 Å². The van der Waals surface area contributed by atoms with Crippen molar-refractivity contribution in [2.45, 2.75) is 17.5 Å². The highest BCUT2D eigenvalue weighted by Gasteiger charge is 2.39. The first-order valence-electron chi connectivity index (χ1n) is 11.6. The number of nitrogens with zero attached hydrogens (tertiary/aromatic N) is 5. The van der Waals surface area contributed by atoms with Crippen molar-refractivity contribution in [3.63, 3.8) is 0 Å². The Bertz CT molecular complexity index is 1440.